The van der Waals surface area contributed by atoms with E-state index < -0.39 is 17.5 Å². The highest BCUT2D eigenvalue weighted by Gasteiger charge is 2.22. The molecule has 0 radical (unpaired) electrons. The smallest absolute Gasteiger partial charge is 0.282 e. The van der Waals surface area contributed by atoms with Gasteiger partial charge in [0.15, 0.2) is 11.5 Å². The van der Waals surface area contributed by atoms with Gasteiger partial charge < -0.3 is 14.4 Å². The third kappa shape index (κ3) is 3.15. The second kappa shape index (κ2) is 6.46. The maximum Gasteiger partial charge on any atom is 0.282 e. The summed E-state index contributed by atoms with van der Waals surface area (Å²) in [5.74, 6) is 0.392. The first-order valence-corrected chi connectivity index (χ1v) is 7.98. The number of benzene rings is 1. The van der Waals surface area contributed by atoms with Crippen LogP contribution in [0.1, 0.15) is 54.9 Å². The lowest BCUT2D eigenvalue weighted by atomic mass is 10.2. The number of carbonyl (C=O) groups excluding carboxylic acids is 1. The molecule has 1 aromatic carbocycles. The van der Waals surface area contributed by atoms with E-state index in [2.05, 4.69) is 20.4 Å². The number of aromatic nitrogens is 4. The van der Waals surface area contributed by atoms with E-state index in [-0.39, 0.29) is 17.5 Å². The lowest BCUT2D eigenvalue weighted by Gasteiger charge is -2.11. The van der Waals surface area contributed by atoms with Crippen molar-refractivity contribution in [3.05, 3.63) is 52.0 Å². The van der Waals surface area contributed by atoms with Gasteiger partial charge in [-0.05, 0) is 19.1 Å². The average molecular weight is 341 g/mol. The van der Waals surface area contributed by atoms with E-state index in [4.69, 9.17) is 4.52 Å². The van der Waals surface area contributed by atoms with Crippen LogP contribution in [-0.2, 0) is 7.05 Å². The lowest BCUT2D eigenvalue weighted by Crippen LogP contribution is -2.35. The Kier molecular flexibility index (Phi) is 4.35. The fraction of sp³-hybridized carbons (Fsp3) is 0.353. The summed E-state index contributed by atoms with van der Waals surface area (Å²) in [5.41, 5.74) is 0.603. The first-order chi connectivity index (χ1) is 11.9. The minimum absolute atomic E-state index is 0.120. The molecule has 0 bridgehead atoms. The fourth-order valence-corrected chi connectivity index (χ4v) is 2.41. The van der Waals surface area contributed by atoms with Crippen LogP contribution in [0.15, 0.2) is 33.6 Å². The lowest BCUT2D eigenvalue weighted by molar-refractivity contribution is 0.0925. The van der Waals surface area contributed by atoms with Gasteiger partial charge >= 0.3 is 0 Å². The van der Waals surface area contributed by atoms with Crippen molar-refractivity contribution in [3.63, 3.8) is 0 Å². The standard InChI is InChI=1S/C17H19N5O3/c1-9(2)14-20-16(25-21-14)10(3)18-15(23)13-17(24)22(4)12-8-6-5-7-11(12)19-13/h5-10H,1-4H3,(H,18,23)/t10-/m0/s1. The molecule has 3 aromatic rings. The Morgan fingerprint density at radius 3 is 2.60 bits per heavy atom. The van der Waals surface area contributed by atoms with Gasteiger partial charge in [-0.2, -0.15) is 4.98 Å². The van der Waals surface area contributed by atoms with Gasteiger partial charge in [-0.15, -0.1) is 0 Å². The molecule has 0 unspecified atom stereocenters. The SMILES string of the molecule is CC(C)c1noc([C@H](C)NC(=O)c2nc3ccccc3n(C)c2=O)n1. The monoisotopic (exact) mass is 341 g/mol. The molecule has 2 heterocycles. The third-order valence-corrected chi connectivity index (χ3v) is 3.89. The van der Waals surface area contributed by atoms with Crippen LogP contribution in [-0.4, -0.2) is 25.6 Å². The van der Waals surface area contributed by atoms with Crippen LogP contribution in [0.25, 0.3) is 11.0 Å². The summed E-state index contributed by atoms with van der Waals surface area (Å²) in [4.78, 5) is 33.4. The van der Waals surface area contributed by atoms with Crippen LogP contribution < -0.4 is 10.9 Å². The summed E-state index contributed by atoms with van der Waals surface area (Å²) in [6, 6.07) is 6.61. The number of hydrogen-bond acceptors (Lipinski definition) is 6. The Labute approximate surface area is 143 Å². The van der Waals surface area contributed by atoms with E-state index in [1.54, 1.807) is 32.2 Å². The third-order valence-electron chi connectivity index (χ3n) is 3.89. The molecule has 0 aliphatic carbocycles. The summed E-state index contributed by atoms with van der Waals surface area (Å²) in [5, 5.41) is 6.56. The van der Waals surface area contributed by atoms with E-state index in [1.807, 2.05) is 19.9 Å². The Balaban J connectivity index is 1.89. The number of carbonyl (C=O) groups is 1. The highest BCUT2D eigenvalue weighted by atomic mass is 16.5. The van der Waals surface area contributed by atoms with Crippen molar-refractivity contribution in [2.75, 3.05) is 0 Å². The van der Waals surface area contributed by atoms with Crippen LogP contribution in [0.5, 0.6) is 0 Å². The molecule has 0 saturated heterocycles. The number of nitrogens with one attached hydrogen (secondary N) is 1. The largest absolute Gasteiger partial charge is 0.339 e. The van der Waals surface area contributed by atoms with E-state index in [1.165, 1.54) is 4.57 Å². The highest BCUT2D eigenvalue weighted by molar-refractivity contribution is 5.94. The van der Waals surface area contributed by atoms with Crippen molar-refractivity contribution in [1.82, 2.24) is 25.0 Å². The van der Waals surface area contributed by atoms with Gasteiger partial charge in [-0.3, -0.25) is 9.59 Å². The molecule has 0 spiro atoms. The van der Waals surface area contributed by atoms with Gasteiger partial charge in [-0.1, -0.05) is 31.1 Å². The van der Waals surface area contributed by atoms with Crippen molar-refractivity contribution in [2.45, 2.75) is 32.7 Å². The Morgan fingerprint density at radius 2 is 1.92 bits per heavy atom. The van der Waals surface area contributed by atoms with Crippen LogP contribution in [0.4, 0.5) is 0 Å². The first kappa shape index (κ1) is 16.8. The maximum atomic E-state index is 12.5. The van der Waals surface area contributed by atoms with Gasteiger partial charge in [0.1, 0.15) is 6.04 Å². The average Bonchev–Trinajstić information content (AvgIpc) is 3.08. The van der Waals surface area contributed by atoms with Gasteiger partial charge in [-0.25, -0.2) is 4.98 Å². The van der Waals surface area contributed by atoms with Crippen molar-refractivity contribution in [2.24, 2.45) is 7.05 Å². The maximum absolute atomic E-state index is 12.5. The zero-order chi connectivity index (χ0) is 18.1. The molecule has 1 atom stereocenters. The zero-order valence-electron chi connectivity index (χ0n) is 14.5. The molecule has 0 fully saturated rings. The molecule has 3 rings (SSSR count). The second-order valence-corrected chi connectivity index (χ2v) is 6.15. The minimum Gasteiger partial charge on any atom is -0.339 e. The van der Waals surface area contributed by atoms with E-state index in [9.17, 15) is 9.59 Å². The molecule has 0 aliphatic heterocycles. The van der Waals surface area contributed by atoms with Gasteiger partial charge in [0.25, 0.3) is 11.5 Å². The summed E-state index contributed by atoms with van der Waals surface area (Å²) < 4.78 is 6.58. The van der Waals surface area contributed by atoms with E-state index in [0.717, 1.165) is 0 Å². The van der Waals surface area contributed by atoms with Crippen molar-refractivity contribution < 1.29 is 9.32 Å². The van der Waals surface area contributed by atoms with Crippen molar-refractivity contribution in [3.8, 4) is 0 Å². The topological polar surface area (TPSA) is 103 Å². The Bertz CT molecular complexity index is 989. The number of nitrogens with zero attached hydrogens (tertiary/aromatic N) is 4. The minimum atomic E-state index is -0.580. The van der Waals surface area contributed by atoms with Gasteiger partial charge in [0, 0.05) is 13.0 Å². The molecule has 2 aromatic heterocycles. The van der Waals surface area contributed by atoms with Gasteiger partial charge in [0.2, 0.25) is 5.89 Å². The Hall–Kier alpha value is -3.03. The van der Waals surface area contributed by atoms with Crippen LogP contribution in [0.2, 0.25) is 0 Å². The predicted octanol–water partition coefficient (Wildman–Crippen LogP) is 1.93. The number of para-hydroxylation sites is 2. The first-order valence-electron chi connectivity index (χ1n) is 7.98. The molecular weight excluding hydrogens is 322 g/mol. The van der Waals surface area contributed by atoms with Gasteiger partial charge in [0.05, 0.1) is 11.0 Å². The molecule has 0 aliphatic rings. The van der Waals surface area contributed by atoms with E-state index in [0.29, 0.717) is 16.9 Å². The number of aryl methyl sites for hydroxylation is 1. The van der Waals surface area contributed by atoms with Crippen LogP contribution in [0, 0.1) is 0 Å². The molecule has 1 N–H and O–H groups in total. The zero-order valence-corrected chi connectivity index (χ0v) is 14.5. The van der Waals surface area contributed by atoms with Crippen molar-refractivity contribution in [1.29, 1.82) is 0 Å². The molecule has 1 amide bonds. The number of fused-ring (bicyclic) bond motifs is 1. The highest BCUT2D eigenvalue weighted by Crippen LogP contribution is 2.15. The normalized spacial score (nSPS) is 12.5. The summed E-state index contributed by atoms with van der Waals surface area (Å²) in [6.45, 7) is 5.60. The summed E-state index contributed by atoms with van der Waals surface area (Å²) in [7, 11) is 1.61. The van der Waals surface area contributed by atoms with Crippen molar-refractivity contribution >= 4 is 16.9 Å². The summed E-state index contributed by atoms with van der Waals surface area (Å²) >= 11 is 0. The molecule has 8 nitrogen and oxygen atoms in total. The Morgan fingerprint density at radius 1 is 1.20 bits per heavy atom. The molecule has 8 heteroatoms. The number of hydrogen-bond donors (Lipinski definition) is 1. The quantitative estimate of drug-likeness (QED) is 0.778. The summed E-state index contributed by atoms with van der Waals surface area (Å²) in [6.07, 6.45) is 0. The molecular formula is C17H19N5O3. The van der Waals surface area contributed by atoms with E-state index >= 15 is 0 Å². The van der Waals surface area contributed by atoms with Crippen LogP contribution in [0.3, 0.4) is 0 Å². The van der Waals surface area contributed by atoms with Crippen LogP contribution >= 0.6 is 0 Å². The molecule has 0 saturated carbocycles. The fourth-order valence-electron chi connectivity index (χ4n) is 2.41. The number of rotatable bonds is 4. The second-order valence-electron chi connectivity index (χ2n) is 6.15. The number of amides is 1. The molecule has 130 valence electrons. The predicted molar refractivity (Wildman–Crippen MR) is 91.3 cm³/mol. The molecule has 25 heavy (non-hydrogen) atoms.